The topological polar surface area (TPSA) is 95.9 Å². The highest BCUT2D eigenvalue weighted by molar-refractivity contribution is 5.97. The predicted molar refractivity (Wildman–Crippen MR) is 127 cm³/mol. The fourth-order valence-corrected chi connectivity index (χ4v) is 4.46. The quantitative estimate of drug-likeness (QED) is 0.258. The summed E-state index contributed by atoms with van der Waals surface area (Å²) in [4.78, 5) is 37.2. The molecule has 0 radical (unpaired) electrons. The average molecular weight is 455 g/mol. The highest BCUT2D eigenvalue weighted by atomic mass is 16.5. The van der Waals surface area contributed by atoms with E-state index in [-0.39, 0.29) is 19.7 Å². The van der Waals surface area contributed by atoms with Crippen LogP contribution in [0, 0.1) is 17.8 Å². The first-order valence-electron chi connectivity index (χ1n) is 11.6. The largest absolute Gasteiger partial charge is 0.457 e. The van der Waals surface area contributed by atoms with Crippen molar-refractivity contribution in [1.82, 2.24) is 5.06 Å². The summed E-state index contributed by atoms with van der Waals surface area (Å²) < 4.78 is 5.84. The molecule has 1 aliphatic carbocycles. The molecular formula is C26H34N2O5. The number of hydroxylamine groups is 2. The van der Waals surface area contributed by atoms with Crippen molar-refractivity contribution < 1.29 is 25.8 Å². The highest BCUT2D eigenvalue weighted by Gasteiger charge is 2.40. The summed E-state index contributed by atoms with van der Waals surface area (Å²) in [5.41, 5.74) is 0.608. The van der Waals surface area contributed by atoms with Crippen molar-refractivity contribution in [2.75, 3.05) is 11.9 Å². The molecule has 0 heterocycles. The molecule has 1 saturated carbocycles. The first-order valence-corrected chi connectivity index (χ1v) is 11.6. The molecule has 178 valence electrons. The van der Waals surface area contributed by atoms with Gasteiger partial charge in [0.25, 0.3) is 0 Å². The number of ether oxygens (including phenoxy) is 1. The lowest BCUT2D eigenvalue weighted by atomic mass is 9.82. The average Bonchev–Trinajstić information content (AvgIpc) is 3.32. The van der Waals surface area contributed by atoms with Crippen molar-refractivity contribution in [2.45, 2.75) is 45.4 Å². The summed E-state index contributed by atoms with van der Waals surface area (Å²) in [6.45, 7) is 1.99. The van der Waals surface area contributed by atoms with Crippen LogP contribution in [0.25, 0.3) is 0 Å². The van der Waals surface area contributed by atoms with Gasteiger partial charge in [-0.25, -0.2) is 5.06 Å². The number of nitrogens with zero attached hydrogens (tertiary/aromatic N) is 1. The van der Waals surface area contributed by atoms with E-state index in [4.69, 9.17) is 4.74 Å². The van der Waals surface area contributed by atoms with Gasteiger partial charge in [-0.1, -0.05) is 50.5 Å². The number of ketones is 1. The van der Waals surface area contributed by atoms with Crippen LogP contribution in [0.15, 0.2) is 54.6 Å². The number of carbonyl (C=O) groups is 3. The minimum absolute atomic E-state index is 0. The fraction of sp³-hybridized carbons (Fsp3) is 0.423. The Morgan fingerprint density at radius 2 is 1.88 bits per heavy atom. The van der Waals surface area contributed by atoms with E-state index in [1.165, 1.54) is 0 Å². The number of carbonyl (C=O) groups excluding carboxylic acids is 3. The van der Waals surface area contributed by atoms with E-state index in [0.717, 1.165) is 19.3 Å². The molecule has 7 nitrogen and oxygen atoms in total. The minimum Gasteiger partial charge on any atom is -0.457 e. The van der Waals surface area contributed by atoms with Gasteiger partial charge in [-0.2, -0.15) is 0 Å². The maximum atomic E-state index is 13.3. The Kier molecular flexibility index (Phi) is 9.01. The van der Waals surface area contributed by atoms with Crippen LogP contribution < -0.4 is 10.1 Å². The van der Waals surface area contributed by atoms with Crippen LogP contribution in [-0.4, -0.2) is 34.9 Å². The zero-order valence-corrected chi connectivity index (χ0v) is 19.0. The Hall–Kier alpha value is -3.19. The Morgan fingerprint density at radius 3 is 2.61 bits per heavy atom. The van der Waals surface area contributed by atoms with Crippen LogP contribution in [0.2, 0.25) is 0 Å². The number of nitrogens with one attached hydrogen (secondary N) is 1. The summed E-state index contributed by atoms with van der Waals surface area (Å²) in [5, 5.41) is 13.1. The van der Waals surface area contributed by atoms with Crippen molar-refractivity contribution in [3.63, 3.8) is 0 Å². The summed E-state index contributed by atoms with van der Waals surface area (Å²) in [6.07, 6.45) is 4.71. The Balaban J connectivity index is 0.00000408. The number of para-hydroxylation sites is 1. The number of hydrogen-bond acceptors (Lipinski definition) is 5. The lowest BCUT2D eigenvalue weighted by molar-refractivity contribution is -0.155. The molecule has 2 aromatic carbocycles. The van der Waals surface area contributed by atoms with Gasteiger partial charge in [0.05, 0.1) is 6.54 Å². The third kappa shape index (κ3) is 6.89. The predicted octanol–water partition coefficient (Wildman–Crippen LogP) is 5.30. The maximum absolute atomic E-state index is 13.3. The molecule has 0 saturated heterocycles. The molecule has 0 bridgehead atoms. The number of unbranched alkanes of at least 4 members (excludes halogenated alkanes) is 1. The first kappa shape index (κ1) is 24.5. The molecule has 2 amide bonds. The zero-order valence-electron chi connectivity index (χ0n) is 19.0. The molecule has 1 fully saturated rings. The molecule has 33 heavy (non-hydrogen) atoms. The Bertz CT molecular complexity index is 940. The molecule has 2 N–H and O–H groups in total. The van der Waals surface area contributed by atoms with Crippen molar-refractivity contribution in [1.29, 1.82) is 0 Å². The van der Waals surface area contributed by atoms with Gasteiger partial charge >= 0.3 is 0 Å². The van der Waals surface area contributed by atoms with Gasteiger partial charge < -0.3 is 10.1 Å². The first-order chi connectivity index (χ1) is 16.0. The molecule has 2 aromatic rings. The number of hydrogen-bond donors (Lipinski definition) is 2. The molecular weight excluding hydrogens is 420 g/mol. The Morgan fingerprint density at radius 1 is 1.15 bits per heavy atom. The maximum Gasteiger partial charge on any atom is 0.233 e. The third-order valence-electron chi connectivity index (χ3n) is 6.14. The van der Waals surface area contributed by atoms with Crippen molar-refractivity contribution >= 4 is 23.8 Å². The van der Waals surface area contributed by atoms with Crippen molar-refractivity contribution in [3.8, 4) is 11.5 Å². The number of amides is 2. The monoisotopic (exact) mass is 454 g/mol. The number of benzene rings is 2. The van der Waals surface area contributed by atoms with E-state index in [1.807, 2.05) is 43.3 Å². The minimum atomic E-state index is -0.471. The van der Waals surface area contributed by atoms with Gasteiger partial charge in [0.1, 0.15) is 17.3 Å². The van der Waals surface area contributed by atoms with Gasteiger partial charge in [-0.15, -0.1) is 0 Å². The molecule has 7 heteroatoms. The lowest BCUT2D eigenvalue weighted by Gasteiger charge is -2.25. The molecule has 3 atom stereocenters. The van der Waals surface area contributed by atoms with E-state index in [9.17, 15) is 19.6 Å². The van der Waals surface area contributed by atoms with E-state index in [2.05, 4.69) is 5.32 Å². The van der Waals surface area contributed by atoms with Crippen molar-refractivity contribution in [2.24, 2.45) is 17.8 Å². The van der Waals surface area contributed by atoms with Gasteiger partial charge in [0.15, 0.2) is 0 Å². The van der Waals surface area contributed by atoms with Crippen LogP contribution in [0.3, 0.4) is 0 Å². The summed E-state index contributed by atoms with van der Waals surface area (Å²) >= 11 is 0. The van der Waals surface area contributed by atoms with Crippen LogP contribution in [0.1, 0.15) is 46.9 Å². The molecule has 1 unspecified atom stereocenters. The second kappa shape index (κ2) is 12.2. The van der Waals surface area contributed by atoms with Crippen LogP contribution in [0.5, 0.6) is 11.5 Å². The second-order valence-corrected chi connectivity index (χ2v) is 8.55. The highest BCUT2D eigenvalue weighted by Crippen LogP contribution is 2.36. The van der Waals surface area contributed by atoms with E-state index in [1.54, 1.807) is 18.2 Å². The molecule has 3 rings (SSSR count). The summed E-state index contributed by atoms with van der Waals surface area (Å²) in [6, 6.07) is 16.6. The normalized spacial score (nSPS) is 18.4. The number of anilines is 1. The van der Waals surface area contributed by atoms with E-state index in [0.29, 0.717) is 47.9 Å². The van der Waals surface area contributed by atoms with Crippen LogP contribution in [-0.2, 0) is 14.4 Å². The van der Waals surface area contributed by atoms with Gasteiger partial charge in [0.2, 0.25) is 12.3 Å². The summed E-state index contributed by atoms with van der Waals surface area (Å²) in [7, 11) is 0. The second-order valence-electron chi connectivity index (χ2n) is 8.55. The standard InChI is InChI=1S/C26H32N2O5.H2/c1-2-3-9-19(17-28(32)18-29)25(30)23-14-8-15-24(23)26(31)27-20-10-7-13-22(16-20)33-21-11-5-4-6-12-21;/h4-7,10-13,16,18-19,23-24,32H,2-3,8-9,14-15,17H2,1H3,(H,27,31);1H/t19-,23?,24-;/m1./s1. The van der Waals surface area contributed by atoms with E-state index < -0.39 is 17.8 Å². The summed E-state index contributed by atoms with van der Waals surface area (Å²) in [5.74, 6) is -0.222. The van der Waals surface area contributed by atoms with Gasteiger partial charge in [0, 0.05) is 30.9 Å². The molecule has 0 spiro atoms. The number of Topliss-reactive ketones (excluding diaryl/α,β-unsaturated/α-hetero) is 1. The molecule has 1 aliphatic rings. The molecule has 0 aromatic heterocycles. The van der Waals surface area contributed by atoms with Crippen LogP contribution in [0.4, 0.5) is 5.69 Å². The molecule has 0 aliphatic heterocycles. The third-order valence-corrected chi connectivity index (χ3v) is 6.14. The SMILES string of the molecule is CCCC[C@H](CN(O)C=O)C(=O)C1CCC[C@H]1C(=O)Nc1cccc(Oc2ccccc2)c1.[HH]. The lowest BCUT2D eigenvalue weighted by Crippen LogP contribution is -2.37. The van der Waals surface area contributed by atoms with Crippen molar-refractivity contribution in [3.05, 3.63) is 54.6 Å². The van der Waals surface area contributed by atoms with Gasteiger partial charge in [-0.05, 0) is 43.5 Å². The smallest absolute Gasteiger partial charge is 0.233 e. The fourth-order valence-electron chi connectivity index (χ4n) is 4.46. The number of rotatable bonds is 12. The zero-order chi connectivity index (χ0) is 23.6. The van der Waals surface area contributed by atoms with E-state index >= 15 is 0 Å². The van der Waals surface area contributed by atoms with Crippen LogP contribution >= 0.6 is 0 Å². The van der Waals surface area contributed by atoms with Gasteiger partial charge in [-0.3, -0.25) is 19.6 Å². The Labute approximate surface area is 196 Å².